The number of hydrogen-bond donors (Lipinski definition) is 3. The Kier molecular flexibility index (Phi) is 8.88. The second-order valence-electron chi connectivity index (χ2n) is 7.45. The van der Waals surface area contributed by atoms with E-state index in [4.69, 9.17) is 9.15 Å². The number of rotatable bonds is 10. The SMILES string of the molecule is CCNC(=O)COc1cccc(CN=C(NCC)NCc2coc(-c3ccc(C)cc3)n2)c1. The number of aromatic nitrogens is 1. The van der Waals surface area contributed by atoms with Gasteiger partial charge in [0.2, 0.25) is 5.89 Å². The average Bonchev–Trinajstić information content (AvgIpc) is 3.29. The summed E-state index contributed by atoms with van der Waals surface area (Å²) >= 11 is 0. The Hall–Kier alpha value is -3.81. The molecule has 3 N–H and O–H groups in total. The van der Waals surface area contributed by atoms with Crippen molar-refractivity contribution >= 4 is 11.9 Å². The third kappa shape index (κ3) is 7.68. The number of likely N-dealkylation sites (N-methyl/N-ethyl adjacent to an activating group) is 1. The molecule has 0 bridgehead atoms. The standard InChI is InChI=1S/C25H31N5O3/c1-4-26-23(31)17-32-22-8-6-7-19(13-22)14-28-25(27-5-2)29-15-21-16-33-24(30-21)20-11-9-18(3)10-12-20/h6-13,16H,4-5,14-15,17H2,1-3H3,(H,26,31)(H2,27,28,29). The van der Waals surface area contributed by atoms with Crippen LogP contribution in [0.25, 0.3) is 11.5 Å². The van der Waals surface area contributed by atoms with Gasteiger partial charge in [0.25, 0.3) is 5.91 Å². The van der Waals surface area contributed by atoms with Gasteiger partial charge in [-0.25, -0.2) is 9.98 Å². The molecular formula is C25H31N5O3. The van der Waals surface area contributed by atoms with Crippen molar-refractivity contribution in [2.45, 2.75) is 33.9 Å². The van der Waals surface area contributed by atoms with E-state index in [9.17, 15) is 4.79 Å². The van der Waals surface area contributed by atoms with E-state index < -0.39 is 0 Å². The molecule has 0 aliphatic rings. The Bertz CT molecular complexity index is 1060. The number of aliphatic imine (C=N–C) groups is 1. The highest BCUT2D eigenvalue weighted by atomic mass is 16.5. The van der Waals surface area contributed by atoms with E-state index in [0.29, 0.717) is 37.2 Å². The summed E-state index contributed by atoms with van der Waals surface area (Å²) in [5, 5.41) is 9.23. The quantitative estimate of drug-likeness (QED) is 0.324. The van der Waals surface area contributed by atoms with Crippen LogP contribution in [0, 0.1) is 6.92 Å². The molecule has 8 nitrogen and oxygen atoms in total. The van der Waals surface area contributed by atoms with Crippen molar-refractivity contribution in [1.29, 1.82) is 0 Å². The number of ether oxygens (including phenoxy) is 1. The molecule has 1 heterocycles. The highest BCUT2D eigenvalue weighted by Crippen LogP contribution is 2.19. The maximum absolute atomic E-state index is 11.6. The molecule has 0 saturated heterocycles. The van der Waals surface area contributed by atoms with Crippen LogP contribution in [0.4, 0.5) is 0 Å². The monoisotopic (exact) mass is 449 g/mol. The minimum atomic E-state index is -0.141. The Morgan fingerprint density at radius 2 is 1.85 bits per heavy atom. The van der Waals surface area contributed by atoms with Crippen molar-refractivity contribution in [2.24, 2.45) is 4.99 Å². The molecule has 174 valence electrons. The molecule has 3 aromatic rings. The van der Waals surface area contributed by atoms with Gasteiger partial charge >= 0.3 is 0 Å². The molecule has 0 fully saturated rings. The molecule has 0 saturated carbocycles. The van der Waals surface area contributed by atoms with Crippen LogP contribution in [0.5, 0.6) is 5.75 Å². The van der Waals surface area contributed by atoms with Gasteiger partial charge in [-0.05, 0) is 50.6 Å². The van der Waals surface area contributed by atoms with E-state index in [-0.39, 0.29) is 12.5 Å². The van der Waals surface area contributed by atoms with E-state index >= 15 is 0 Å². The number of carbonyl (C=O) groups excluding carboxylic acids is 1. The lowest BCUT2D eigenvalue weighted by molar-refractivity contribution is -0.122. The van der Waals surface area contributed by atoms with Crippen LogP contribution in [0.15, 0.2) is 64.2 Å². The molecule has 1 amide bonds. The molecule has 1 aromatic heterocycles. The summed E-state index contributed by atoms with van der Waals surface area (Å²) in [5.41, 5.74) is 3.90. The number of hydrogen-bond acceptors (Lipinski definition) is 5. The lowest BCUT2D eigenvalue weighted by Gasteiger charge is -2.11. The van der Waals surface area contributed by atoms with E-state index in [1.807, 2.05) is 69.3 Å². The summed E-state index contributed by atoms with van der Waals surface area (Å²) < 4.78 is 11.2. The van der Waals surface area contributed by atoms with Crippen molar-refractivity contribution in [1.82, 2.24) is 20.9 Å². The summed E-state index contributed by atoms with van der Waals surface area (Å²) in [4.78, 5) is 20.8. The zero-order valence-corrected chi connectivity index (χ0v) is 19.4. The number of nitrogens with zero attached hydrogens (tertiary/aromatic N) is 2. The third-order valence-corrected chi connectivity index (χ3v) is 4.69. The summed E-state index contributed by atoms with van der Waals surface area (Å²) in [6.07, 6.45) is 1.65. The predicted octanol–water partition coefficient (Wildman–Crippen LogP) is 3.42. The molecule has 0 spiro atoms. The molecule has 0 unspecified atom stereocenters. The summed E-state index contributed by atoms with van der Waals surface area (Å²) in [5.74, 6) is 1.76. The van der Waals surface area contributed by atoms with Crippen LogP contribution in [0.3, 0.4) is 0 Å². The zero-order chi connectivity index (χ0) is 23.5. The first-order chi connectivity index (χ1) is 16.1. The van der Waals surface area contributed by atoms with Crippen LogP contribution in [0.2, 0.25) is 0 Å². The van der Waals surface area contributed by atoms with Crippen molar-refractivity contribution in [3.05, 3.63) is 71.6 Å². The van der Waals surface area contributed by atoms with Gasteiger partial charge in [-0.1, -0.05) is 29.8 Å². The number of amides is 1. The van der Waals surface area contributed by atoms with Crippen molar-refractivity contribution in [3.63, 3.8) is 0 Å². The lowest BCUT2D eigenvalue weighted by atomic mass is 10.1. The van der Waals surface area contributed by atoms with Crippen LogP contribution in [-0.4, -0.2) is 36.5 Å². The van der Waals surface area contributed by atoms with Gasteiger partial charge in [-0.2, -0.15) is 0 Å². The van der Waals surface area contributed by atoms with E-state index in [1.54, 1.807) is 6.26 Å². The predicted molar refractivity (Wildman–Crippen MR) is 129 cm³/mol. The van der Waals surface area contributed by atoms with Gasteiger partial charge in [0.05, 0.1) is 18.8 Å². The van der Waals surface area contributed by atoms with Gasteiger partial charge in [-0.3, -0.25) is 4.79 Å². The number of nitrogens with one attached hydrogen (secondary N) is 3. The molecular weight excluding hydrogens is 418 g/mol. The van der Waals surface area contributed by atoms with Crippen molar-refractivity contribution in [3.8, 4) is 17.2 Å². The highest BCUT2D eigenvalue weighted by Gasteiger charge is 2.08. The topological polar surface area (TPSA) is 101 Å². The fourth-order valence-corrected chi connectivity index (χ4v) is 3.03. The van der Waals surface area contributed by atoms with E-state index in [2.05, 4.69) is 25.9 Å². The zero-order valence-electron chi connectivity index (χ0n) is 19.4. The van der Waals surface area contributed by atoms with Crippen LogP contribution in [-0.2, 0) is 17.9 Å². The third-order valence-electron chi connectivity index (χ3n) is 4.69. The number of guanidine groups is 1. The largest absolute Gasteiger partial charge is 0.484 e. The lowest BCUT2D eigenvalue weighted by Crippen LogP contribution is -2.36. The van der Waals surface area contributed by atoms with E-state index in [0.717, 1.165) is 23.4 Å². The van der Waals surface area contributed by atoms with Gasteiger partial charge in [0.1, 0.15) is 12.0 Å². The van der Waals surface area contributed by atoms with E-state index in [1.165, 1.54) is 5.56 Å². The first kappa shape index (κ1) is 23.8. The Balaban J connectivity index is 1.57. The van der Waals surface area contributed by atoms with Gasteiger partial charge in [0, 0.05) is 18.7 Å². The fraction of sp³-hybridized carbons (Fsp3) is 0.320. The highest BCUT2D eigenvalue weighted by molar-refractivity contribution is 5.79. The Labute approximate surface area is 194 Å². The Morgan fingerprint density at radius 3 is 2.61 bits per heavy atom. The maximum atomic E-state index is 11.6. The second-order valence-corrected chi connectivity index (χ2v) is 7.45. The van der Waals surface area contributed by atoms with Crippen molar-refractivity contribution in [2.75, 3.05) is 19.7 Å². The first-order valence-electron chi connectivity index (χ1n) is 11.1. The number of carbonyl (C=O) groups is 1. The van der Waals surface area contributed by atoms with Crippen LogP contribution < -0.4 is 20.7 Å². The molecule has 8 heteroatoms. The van der Waals surface area contributed by atoms with Gasteiger partial charge in [0.15, 0.2) is 12.6 Å². The minimum Gasteiger partial charge on any atom is -0.484 e. The van der Waals surface area contributed by atoms with Gasteiger partial charge in [-0.15, -0.1) is 0 Å². The van der Waals surface area contributed by atoms with Crippen LogP contribution >= 0.6 is 0 Å². The van der Waals surface area contributed by atoms with Crippen molar-refractivity contribution < 1.29 is 13.9 Å². The molecule has 0 atom stereocenters. The molecule has 3 rings (SSSR count). The summed E-state index contributed by atoms with van der Waals surface area (Å²) in [7, 11) is 0. The Morgan fingerprint density at radius 1 is 1.06 bits per heavy atom. The molecule has 0 aliphatic heterocycles. The molecule has 0 aliphatic carbocycles. The normalized spacial score (nSPS) is 11.2. The second kappa shape index (κ2) is 12.3. The summed E-state index contributed by atoms with van der Waals surface area (Å²) in [6.45, 7) is 8.18. The smallest absolute Gasteiger partial charge is 0.257 e. The summed E-state index contributed by atoms with van der Waals surface area (Å²) in [6, 6.07) is 15.6. The minimum absolute atomic E-state index is 0.00691. The maximum Gasteiger partial charge on any atom is 0.257 e. The average molecular weight is 450 g/mol. The molecule has 33 heavy (non-hydrogen) atoms. The fourth-order valence-electron chi connectivity index (χ4n) is 3.03. The number of aryl methyl sites for hydroxylation is 1. The van der Waals surface area contributed by atoms with Crippen LogP contribution in [0.1, 0.15) is 30.7 Å². The number of benzene rings is 2. The first-order valence-corrected chi connectivity index (χ1v) is 11.1. The molecule has 2 aromatic carbocycles. The number of oxazole rings is 1. The van der Waals surface area contributed by atoms with Gasteiger partial charge < -0.3 is 25.1 Å². The molecule has 0 radical (unpaired) electrons.